The van der Waals surface area contributed by atoms with E-state index in [-0.39, 0.29) is 11.8 Å². The molecular formula is C25H25BrN4O2. The lowest BCUT2D eigenvalue weighted by molar-refractivity contribution is 0.0767. The van der Waals surface area contributed by atoms with Gasteiger partial charge in [0.25, 0.3) is 11.8 Å². The molecule has 1 aliphatic rings. The number of hydrogen-bond acceptors (Lipinski definition) is 4. The zero-order valence-electron chi connectivity index (χ0n) is 17.9. The third-order valence-electron chi connectivity index (χ3n) is 5.48. The fourth-order valence-corrected chi connectivity index (χ4v) is 4.03. The summed E-state index contributed by atoms with van der Waals surface area (Å²) in [5.74, 6) is 0.748. The lowest BCUT2D eigenvalue weighted by Crippen LogP contribution is -2.35. The summed E-state index contributed by atoms with van der Waals surface area (Å²) in [6, 6.07) is 18.7. The van der Waals surface area contributed by atoms with Crippen LogP contribution in [0.3, 0.4) is 0 Å². The van der Waals surface area contributed by atoms with Gasteiger partial charge in [-0.1, -0.05) is 33.6 Å². The molecule has 0 unspecified atom stereocenters. The average molecular weight is 493 g/mol. The van der Waals surface area contributed by atoms with Gasteiger partial charge in [0.2, 0.25) is 0 Å². The van der Waals surface area contributed by atoms with Gasteiger partial charge in [0.15, 0.2) is 0 Å². The Labute approximate surface area is 196 Å². The number of halogens is 1. The Morgan fingerprint density at radius 3 is 2.47 bits per heavy atom. The number of rotatable bonds is 4. The van der Waals surface area contributed by atoms with Crippen LogP contribution in [-0.4, -0.2) is 47.9 Å². The number of carbonyl (C=O) groups is 2. The van der Waals surface area contributed by atoms with Crippen LogP contribution in [-0.2, 0) is 0 Å². The number of hydrogen-bond donors (Lipinski definition) is 1. The number of anilines is 2. The van der Waals surface area contributed by atoms with E-state index in [9.17, 15) is 9.59 Å². The van der Waals surface area contributed by atoms with Crippen molar-refractivity contribution in [2.75, 3.05) is 36.4 Å². The Morgan fingerprint density at radius 2 is 1.75 bits per heavy atom. The van der Waals surface area contributed by atoms with E-state index < -0.39 is 0 Å². The molecule has 6 nitrogen and oxygen atoms in total. The highest BCUT2D eigenvalue weighted by Crippen LogP contribution is 2.19. The lowest BCUT2D eigenvalue weighted by Gasteiger charge is -2.23. The smallest absolute Gasteiger partial charge is 0.255 e. The second-order valence-corrected chi connectivity index (χ2v) is 8.78. The molecule has 1 aliphatic heterocycles. The van der Waals surface area contributed by atoms with Gasteiger partial charge in [0, 0.05) is 41.8 Å². The summed E-state index contributed by atoms with van der Waals surface area (Å²) in [7, 11) is 0. The Balaban J connectivity index is 1.36. The summed E-state index contributed by atoms with van der Waals surface area (Å²) in [4.78, 5) is 33.9. The monoisotopic (exact) mass is 492 g/mol. The van der Waals surface area contributed by atoms with E-state index in [0.717, 1.165) is 35.4 Å². The van der Waals surface area contributed by atoms with Crippen molar-refractivity contribution in [3.8, 4) is 0 Å². The molecule has 0 radical (unpaired) electrons. The van der Waals surface area contributed by atoms with Crippen molar-refractivity contribution in [3.05, 3.63) is 88.0 Å². The lowest BCUT2D eigenvalue weighted by atomic mass is 10.1. The van der Waals surface area contributed by atoms with E-state index in [2.05, 4.69) is 31.1 Å². The SMILES string of the molecule is Cc1cccc(C(=O)Nc2ccc(N3CCCN(C(=O)c4ccc(Br)cc4)CC3)nc2)c1. The number of aromatic nitrogens is 1. The first-order chi connectivity index (χ1) is 15.5. The summed E-state index contributed by atoms with van der Waals surface area (Å²) in [6.07, 6.45) is 2.55. The summed E-state index contributed by atoms with van der Waals surface area (Å²) < 4.78 is 0.959. The molecule has 0 saturated carbocycles. The molecule has 2 heterocycles. The molecule has 0 spiro atoms. The maximum absolute atomic E-state index is 12.8. The number of carbonyl (C=O) groups excluding carboxylic acids is 2. The van der Waals surface area contributed by atoms with Crippen LogP contribution in [0.1, 0.15) is 32.7 Å². The van der Waals surface area contributed by atoms with Crippen molar-refractivity contribution in [1.82, 2.24) is 9.88 Å². The summed E-state index contributed by atoms with van der Waals surface area (Å²) >= 11 is 3.41. The maximum atomic E-state index is 12.8. The molecule has 7 heteroatoms. The van der Waals surface area contributed by atoms with E-state index in [4.69, 9.17) is 0 Å². The fourth-order valence-electron chi connectivity index (χ4n) is 3.76. The maximum Gasteiger partial charge on any atom is 0.255 e. The Hall–Kier alpha value is -3.19. The first-order valence-corrected chi connectivity index (χ1v) is 11.4. The molecule has 3 aromatic rings. The van der Waals surface area contributed by atoms with Gasteiger partial charge >= 0.3 is 0 Å². The molecule has 0 atom stereocenters. The first-order valence-electron chi connectivity index (χ1n) is 10.6. The molecule has 1 saturated heterocycles. The zero-order valence-corrected chi connectivity index (χ0v) is 19.5. The van der Waals surface area contributed by atoms with Crippen molar-refractivity contribution in [2.24, 2.45) is 0 Å². The van der Waals surface area contributed by atoms with E-state index in [1.54, 1.807) is 12.3 Å². The highest BCUT2D eigenvalue weighted by molar-refractivity contribution is 9.10. The molecular weight excluding hydrogens is 468 g/mol. The summed E-state index contributed by atoms with van der Waals surface area (Å²) in [5.41, 5.74) is 3.02. The van der Waals surface area contributed by atoms with Gasteiger partial charge in [0.05, 0.1) is 11.9 Å². The van der Waals surface area contributed by atoms with Crippen LogP contribution >= 0.6 is 15.9 Å². The molecule has 2 amide bonds. The van der Waals surface area contributed by atoms with Crippen molar-refractivity contribution < 1.29 is 9.59 Å². The summed E-state index contributed by atoms with van der Waals surface area (Å²) in [6.45, 7) is 4.86. The number of nitrogens with zero attached hydrogens (tertiary/aromatic N) is 3. The van der Waals surface area contributed by atoms with Crippen LogP contribution in [0.2, 0.25) is 0 Å². The van der Waals surface area contributed by atoms with Crippen LogP contribution in [0, 0.1) is 6.92 Å². The Morgan fingerprint density at radius 1 is 0.938 bits per heavy atom. The number of nitrogens with one attached hydrogen (secondary N) is 1. The number of amides is 2. The topological polar surface area (TPSA) is 65.5 Å². The fraction of sp³-hybridized carbons (Fsp3) is 0.240. The number of aryl methyl sites for hydroxylation is 1. The highest BCUT2D eigenvalue weighted by Gasteiger charge is 2.21. The van der Waals surface area contributed by atoms with Gasteiger partial charge in [-0.05, 0) is 61.9 Å². The van der Waals surface area contributed by atoms with Crippen molar-refractivity contribution in [1.29, 1.82) is 0 Å². The van der Waals surface area contributed by atoms with Gasteiger partial charge in [-0.2, -0.15) is 0 Å². The normalized spacial score (nSPS) is 14.1. The van der Waals surface area contributed by atoms with Crippen LogP contribution < -0.4 is 10.2 Å². The average Bonchev–Trinajstić information content (AvgIpc) is 3.06. The van der Waals surface area contributed by atoms with Crippen molar-refractivity contribution >= 4 is 39.2 Å². The second kappa shape index (κ2) is 9.96. The largest absolute Gasteiger partial charge is 0.355 e. The van der Waals surface area contributed by atoms with Crippen LogP contribution in [0.4, 0.5) is 11.5 Å². The molecule has 32 heavy (non-hydrogen) atoms. The van der Waals surface area contributed by atoms with Crippen molar-refractivity contribution in [3.63, 3.8) is 0 Å². The van der Waals surface area contributed by atoms with Gasteiger partial charge in [-0.15, -0.1) is 0 Å². The molecule has 0 bridgehead atoms. The molecule has 1 N–H and O–H groups in total. The van der Waals surface area contributed by atoms with E-state index in [0.29, 0.717) is 29.9 Å². The molecule has 4 rings (SSSR count). The summed E-state index contributed by atoms with van der Waals surface area (Å²) in [5, 5.41) is 2.90. The third kappa shape index (κ3) is 5.34. The van der Waals surface area contributed by atoms with E-state index in [1.807, 2.05) is 66.4 Å². The zero-order chi connectivity index (χ0) is 22.5. The minimum absolute atomic E-state index is 0.0570. The molecule has 0 aliphatic carbocycles. The third-order valence-corrected chi connectivity index (χ3v) is 6.01. The molecule has 1 aromatic heterocycles. The number of benzene rings is 2. The van der Waals surface area contributed by atoms with Gasteiger partial charge in [0.1, 0.15) is 5.82 Å². The predicted molar refractivity (Wildman–Crippen MR) is 130 cm³/mol. The van der Waals surface area contributed by atoms with Gasteiger partial charge < -0.3 is 15.1 Å². The van der Waals surface area contributed by atoms with Crippen LogP contribution in [0.5, 0.6) is 0 Å². The minimum atomic E-state index is -0.153. The van der Waals surface area contributed by atoms with E-state index in [1.165, 1.54) is 0 Å². The Bertz CT molecular complexity index is 1100. The minimum Gasteiger partial charge on any atom is -0.355 e. The van der Waals surface area contributed by atoms with Crippen molar-refractivity contribution in [2.45, 2.75) is 13.3 Å². The molecule has 2 aromatic carbocycles. The molecule has 164 valence electrons. The Kier molecular flexibility index (Phi) is 6.85. The predicted octanol–water partition coefficient (Wildman–Crippen LogP) is 4.76. The van der Waals surface area contributed by atoms with E-state index >= 15 is 0 Å². The van der Waals surface area contributed by atoms with Crippen LogP contribution in [0.25, 0.3) is 0 Å². The van der Waals surface area contributed by atoms with Gasteiger partial charge in [-0.25, -0.2) is 4.98 Å². The second-order valence-electron chi connectivity index (χ2n) is 7.87. The highest BCUT2D eigenvalue weighted by atomic mass is 79.9. The quantitative estimate of drug-likeness (QED) is 0.570. The van der Waals surface area contributed by atoms with Gasteiger partial charge in [-0.3, -0.25) is 9.59 Å². The van der Waals surface area contributed by atoms with Crippen LogP contribution in [0.15, 0.2) is 71.3 Å². The molecule has 1 fully saturated rings. The first kappa shape index (κ1) is 22.0. The number of pyridine rings is 1. The standard InChI is InChI=1S/C25H25BrN4O2/c1-18-4-2-5-20(16-18)24(31)28-22-10-11-23(27-17-22)29-12-3-13-30(15-14-29)25(32)19-6-8-21(26)9-7-19/h2,4-11,16-17H,3,12-15H2,1H3,(H,28,31).